The minimum absolute atomic E-state index is 0.186. The number of carbonyl (C=O) groups is 2. The summed E-state index contributed by atoms with van der Waals surface area (Å²) in [5.74, 6) is -0.535. The summed E-state index contributed by atoms with van der Waals surface area (Å²) in [7, 11) is 0. The number of carbonyl (C=O) groups excluding carboxylic acids is 2. The molecule has 0 amide bonds. The Labute approximate surface area is 148 Å². The summed E-state index contributed by atoms with van der Waals surface area (Å²) in [4.78, 5) is 24.2. The lowest BCUT2D eigenvalue weighted by atomic mass is 10.0. The fourth-order valence-electron chi connectivity index (χ4n) is 2.57. The van der Waals surface area contributed by atoms with Crippen LogP contribution < -0.4 is 4.74 Å². The number of unbranched alkanes of at least 4 members (excludes halogenated alkanes) is 4. The third-order valence-corrected chi connectivity index (χ3v) is 3.97. The van der Waals surface area contributed by atoms with Crippen LogP contribution in [-0.4, -0.2) is 16.9 Å². The summed E-state index contributed by atoms with van der Waals surface area (Å²) in [5, 5.41) is 10.1. The molecule has 1 N–H and O–H groups in total. The highest BCUT2D eigenvalue weighted by molar-refractivity contribution is 6.10. The van der Waals surface area contributed by atoms with Gasteiger partial charge in [-0.15, -0.1) is 0 Å². The summed E-state index contributed by atoms with van der Waals surface area (Å²) in [6.45, 7) is 2.15. The van der Waals surface area contributed by atoms with Gasteiger partial charge in [-0.2, -0.15) is 0 Å². The number of aromatic hydroxyl groups is 1. The lowest BCUT2D eigenvalue weighted by Crippen LogP contribution is -2.08. The molecule has 0 aromatic heterocycles. The van der Waals surface area contributed by atoms with Gasteiger partial charge < -0.3 is 9.84 Å². The van der Waals surface area contributed by atoms with Crippen molar-refractivity contribution < 1.29 is 19.4 Å². The number of ether oxygens (including phenoxy) is 1. The van der Waals surface area contributed by atoms with Gasteiger partial charge in [0.1, 0.15) is 11.5 Å². The van der Waals surface area contributed by atoms with Gasteiger partial charge in [-0.1, -0.05) is 62.9 Å². The van der Waals surface area contributed by atoms with Crippen LogP contribution in [0.2, 0.25) is 0 Å². The average Bonchev–Trinajstić information content (AvgIpc) is 2.62. The monoisotopic (exact) mass is 340 g/mol. The molecule has 25 heavy (non-hydrogen) atoms. The SMILES string of the molecule is CCCCCCCC(=O)Oc1ccc(C(=O)c2ccccc2)c(O)c1. The van der Waals surface area contributed by atoms with Crippen molar-refractivity contribution in [3.63, 3.8) is 0 Å². The highest BCUT2D eigenvalue weighted by atomic mass is 16.5. The highest BCUT2D eigenvalue weighted by Gasteiger charge is 2.15. The van der Waals surface area contributed by atoms with E-state index >= 15 is 0 Å². The molecule has 2 aromatic carbocycles. The van der Waals surface area contributed by atoms with E-state index in [1.165, 1.54) is 24.6 Å². The van der Waals surface area contributed by atoms with Gasteiger partial charge in [-0.05, 0) is 18.6 Å². The molecular formula is C21H24O4. The van der Waals surface area contributed by atoms with Gasteiger partial charge >= 0.3 is 5.97 Å². The number of esters is 1. The van der Waals surface area contributed by atoms with E-state index in [0.29, 0.717) is 12.0 Å². The molecule has 0 saturated heterocycles. The van der Waals surface area contributed by atoms with Crippen LogP contribution in [0.1, 0.15) is 61.4 Å². The number of hydrogen-bond acceptors (Lipinski definition) is 4. The van der Waals surface area contributed by atoms with Crippen LogP contribution in [0.25, 0.3) is 0 Å². The van der Waals surface area contributed by atoms with E-state index in [1.54, 1.807) is 24.3 Å². The maximum atomic E-state index is 12.4. The smallest absolute Gasteiger partial charge is 0.311 e. The topological polar surface area (TPSA) is 63.6 Å². The summed E-state index contributed by atoms with van der Waals surface area (Å²) < 4.78 is 5.23. The summed E-state index contributed by atoms with van der Waals surface area (Å²) >= 11 is 0. The molecule has 0 atom stereocenters. The van der Waals surface area contributed by atoms with Crippen molar-refractivity contribution in [2.75, 3.05) is 0 Å². The Balaban J connectivity index is 1.93. The molecule has 0 unspecified atom stereocenters. The number of rotatable bonds is 9. The van der Waals surface area contributed by atoms with Crippen LogP contribution in [0.5, 0.6) is 11.5 Å². The fraction of sp³-hybridized carbons (Fsp3) is 0.333. The van der Waals surface area contributed by atoms with Crippen LogP contribution in [0, 0.1) is 0 Å². The maximum Gasteiger partial charge on any atom is 0.311 e. The number of hydrogen-bond donors (Lipinski definition) is 1. The Morgan fingerprint density at radius 1 is 0.960 bits per heavy atom. The van der Waals surface area contributed by atoms with Gasteiger partial charge in [0.25, 0.3) is 0 Å². The first-order chi connectivity index (χ1) is 12.1. The van der Waals surface area contributed by atoms with E-state index in [-0.39, 0.29) is 28.8 Å². The van der Waals surface area contributed by atoms with Gasteiger partial charge in [-0.25, -0.2) is 0 Å². The Bertz CT molecular complexity index is 707. The first-order valence-corrected chi connectivity index (χ1v) is 8.75. The largest absolute Gasteiger partial charge is 0.507 e. The Morgan fingerprint density at radius 2 is 1.68 bits per heavy atom. The van der Waals surface area contributed by atoms with Crippen molar-refractivity contribution in [2.24, 2.45) is 0 Å². The van der Waals surface area contributed by atoms with Crippen LogP contribution >= 0.6 is 0 Å². The van der Waals surface area contributed by atoms with Gasteiger partial charge in [-0.3, -0.25) is 9.59 Å². The van der Waals surface area contributed by atoms with Crippen LogP contribution in [-0.2, 0) is 4.79 Å². The number of ketones is 1. The highest BCUT2D eigenvalue weighted by Crippen LogP contribution is 2.26. The summed E-state index contributed by atoms with van der Waals surface area (Å²) in [6.07, 6.45) is 5.64. The van der Waals surface area contributed by atoms with Gasteiger partial charge in [0.2, 0.25) is 0 Å². The molecule has 2 aromatic rings. The van der Waals surface area contributed by atoms with Gasteiger partial charge in [0.05, 0.1) is 5.56 Å². The maximum absolute atomic E-state index is 12.4. The second kappa shape index (κ2) is 9.62. The summed E-state index contributed by atoms with van der Waals surface area (Å²) in [5.41, 5.74) is 0.681. The second-order valence-corrected chi connectivity index (χ2v) is 6.01. The van der Waals surface area contributed by atoms with E-state index in [4.69, 9.17) is 4.74 Å². The van der Waals surface area contributed by atoms with Crippen molar-refractivity contribution in [3.05, 3.63) is 59.7 Å². The van der Waals surface area contributed by atoms with Crippen LogP contribution in [0.3, 0.4) is 0 Å². The minimum Gasteiger partial charge on any atom is -0.507 e. The molecule has 0 bridgehead atoms. The van der Waals surface area contributed by atoms with Crippen LogP contribution in [0.4, 0.5) is 0 Å². The molecule has 0 radical (unpaired) electrons. The molecule has 0 saturated carbocycles. The zero-order valence-electron chi connectivity index (χ0n) is 14.5. The Kier molecular flexibility index (Phi) is 7.20. The molecule has 0 spiro atoms. The van der Waals surface area contributed by atoms with E-state index in [1.807, 2.05) is 6.07 Å². The minimum atomic E-state index is -0.321. The van der Waals surface area contributed by atoms with Crippen molar-refractivity contribution in [1.29, 1.82) is 0 Å². The first-order valence-electron chi connectivity index (χ1n) is 8.75. The number of phenolic OH excluding ortho intramolecular Hbond substituents is 1. The lowest BCUT2D eigenvalue weighted by Gasteiger charge is -2.08. The quantitative estimate of drug-likeness (QED) is 0.305. The predicted molar refractivity (Wildman–Crippen MR) is 97.0 cm³/mol. The molecule has 0 aliphatic heterocycles. The second-order valence-electron chi connectivity index (χ2n) is 6.01. The molecule has 0 heterocycles. The zero-order chi connectivity index (χ0) is 18.1. The van der Waals surface area contributed by atoms with Gasteiger partial charge in [0, 0.05) is 18.1 Å². The molecule has 4 heteroatoms. The van der Waals surface area contributed by atoms with E-state index in [9.17, 15) is 14.7 Å². The van der Waals surface area contributed by atoms with Gasteiger partial charge in [0.15, 0.2) is 5.78 Å². The molecule has 4 nitrogen and oxygen atoms in total. The summed E-state index contributed by atoms with van der Waals surface area (Å²) in [6, 6.07) is 13.1. The first kappa shape index (κ1) is 18.7. The van der Waals surface area contributed by atoms with Crippen molar-refractivity contribution in [3.8, 4) is 11.5 Å². The van der Waals surface area contributed by atoms with E-state index in [0.717, 1.165) is 25.7 Å². The van der Waals surface area contributed by atoms with Crippen molar-refractivity contribution >= 4 is 11.8 Å². The average molecular weight is 340 g/mol. The third kappa shape index (κ3) is 5.75. The van der Waals surface area contributed by atoms with Crippen LogP contribution in [0.15, 0.2) is 48.5 Å². The van der Waals surface area contributed by atoms with E-state index < -0.39 is 0 Å². The molecule has 0 aliphatic rings. The molecule has 0 fully saturated rings. The third-order valence-electron chi connectivity index (χ3n) is 3.97. The Morgan fingerprint density at radius 3 is 2.36 bits per heavy atom. The molecule has 2 rings (SSSR count). The zero-order valence-corrected chi connectivity index (χ0v) is 14.5. The fourth-order valence-corrected chi connectivity index (χ4v) is 2.57. The number of phenols is 1. The molecular weight excluding hydrogens is 316 g/mol. The lowest BCUT2D eigenvalue weighted by molar-refractivity contribution is -0.134. The molecule has 0 aliphatic carbocycles. The predicted octanol–water partition coefficient (Wildman–Crippen LogP) is 4.89. The van der Waals surface area contributed by atoms with Crippen molar-refractivity contribution in [2.45, 2.75) is 45.4 Å². The number of benzene rings is 2. The van der Waals surface area contributed by atoms with E-state index in [2.05, 4.69) is 6.92 Å². The standard InChI is InChI=1S/C21H24O4/c1-2-3-4-5-9-12-20(23)25-17-13-14-18(19(22)15-17)21(24)16-10-7-6-8-11-16/h6-8,10-11,13-15,22H,2-5,9,12H2,1H3. The normalized spacial score (nSPS) is 10.4. The Hall–Kier alpha value is -2.62. The van der Waals surface area contributed by atoms with Crippen molar-refractivity contribution in [1.82, 2.24) is 0 Å². The molecule has 132 valence electrons.